The lowest BCUT2D eigenvalue weighted by atomic mass is 10.1. The minimum absolute atomic E-state index is 0.165. The van der Waals surface area contributed by atoms with Crippen LogP contribution >= 0.6 is 15.9 Å². The Hall–Kier alpha value is -1.36. The first-order valence-electron chi connectivity index (χ1n) is 5.58. The Labute approximate surface area is 115 Å². The normalized spacial score (nSPS) is 12.0. The maximum absolute atomic E-state index is 12.2. The van der Waals surface area contributed by atoms with E-state index in [1.54, 1.807) is 26.1 Å². The first-order valence-corrected chi connectivity index (χ1v) is 6.37. The number of amides is 1. The average Bonchev–Trinajstić information content (AvgIpc) is 2.31. The molecule has 0 saturated heterocycles. The average molecular weight is 314 g/mol. The Morgan fingerprint density at radius 2 is 2.06 bits per heavy atom. The number of nitrogens with zero attached hydrogens (tertiary/aromatic N) is 1. The van der Waals surface area contributed by atoms with Crippen molar-refractivity contribution >= 4 is 27.8 Å². The van der Waals surface area contributed by atoms with Crippen LogP contribution in [0.3, 0.4) is 0 Å². The van der Waals surface area contributed by atoms with Gasteiger partial charge in [-0.15, -0.1) is 0 Å². The van der Waals surface area contributed by atoms with Crippen LogP contribution in [0.2, 0.25) is 0 Å². The molecular weight excluding hydrogens is 298 g/mol. The van der Waals surface area contributed by atoms with Gasteiger partial charge in [0.05, 0.1) is 5.92 Å². The molecule has 18 heavy (non-hydrogen) atoms. The number of rotatable bonds is 4. The van der Waals surface area contributed by atoms with Gasteiger partial charge in [-0.1, -0.05) is 28.9 Å². The van der Waals surface area contributed by atoms with Gasteiger partial charge in [-0.05, 0) is 24.6 Å². The van der Waals surface area contributed by atoms with Gasteiger partial charge >= 0.3 is 5.97 Å². The number of hydrogen-bond donors (Lipinski definition) is 1. The Bertz CT molecular complexity index is 473. The van der Waals surface area contributed by atoms with E-state index in [4.69, 9.17) is 5.11 Å². The Kier molecular flexibility index (Phi) is 4.90. The third-order valence-electron chi connectivity index (χ3n) is 2.81. The van der Waals surface area contributed by atoms with Crippen molar-refractivity contribution in [3.63, 3.8) is 0 Å². The standard InChI is InChI=1S/C13H16BrNO3/c1-8(13(17)18)7-15(3)12(16)10-5-4-6-11(14)9(10)2/h4-6,8H,7H2,1-3H3,(H,17,18). The fraction of sp³-hybridized carbons (Fsp3) is 0.385. The molecule has 0 heterocycles. The summed E-state index contributed by atoms with van der Waals surface area (Å²) in [5.41, 5.74) is 1.45. The van der Waals surface area contributed by atoms with Crippen molar-refractivity contribution in [2.75, 3.05) is 13.6 Å². The lowest BCUT2D eigenvalue weighted by Gasteiger charge is -2.20. The van der Waals surface area contributed by atoms with Crippen molar-refractivity contribution in [1.82, 2.24) is 4.90 Å². The molecule has 0 aliphatic rings. The van der Waals surface area contributed by atoms with Gasteiger partial charge in [0.25, 0.3) is 5.91 Å². The molecule has 1 unspecified atom stereocenters. The Morgan fingerprint density at radius 3 is 2.61 bits per heavy atom. The van der Waals surface area contributed by atoms with Crippen LogP contribution in [0, 0.1) is 12.8 Å². The summed E-state index contributed by atoms with van der Waals surface area (Å²) in [5, 5.41) is 8.84. The second-order valence-electron chi connectivity index (χ2n) is 4.34. The zero-order valence-electron chi connectivity index (χ0n) is 10.6. The van der Waals surface area contributed by atoms with Crippen LogP contribution in [0.5, 0.6) is 0 Å². The highest BCUT2D eigenvalue weighted by Gasteiger charge is 2.20. The smallest absolute Gasteiger partial charge is 0.308 e. The molecule has 0 radical (unpaired) electrons. The van der Waals surface area contributed by atoms with E-state index in [-0.39, 0.29) is 12.5 Å². The maximum atomic E-state index is 12.2. The zero-order chi connectivity index (χ0) is 13.9. The van der Waals surface area contributed by atoms with Gasteiger partial charge in [-0.3, -0.25) is 9.59 Å². The topological polar surface area (TPSA) is 57.6 Å². The number of halogens is 1. The van der Waals surface area contributed by atoms with Crippen LogP contribution in [0.25, 0.3) is 0 Å². The minimum Gasteiger partial charge on any atom is -0.481 e. The van der Waals surface area contributed by atoms with Gasteiger partial charge in [0, 0.05) is 23.6 Å². The monoisotopic (exact) mass is 313 g/mol. The van der Waals surface area contributed by atoms with E-state index in [2.05, 4.69) is 15.9 Å². The molecule has 1 N–H and O–H groups in total. The molecule has 0 fully saturated rings. The summed E-state index contributed by atoms with van der Waals surface area (Å²) in [7, 11) is 1.61. The second kappa shape index (κ2) is 6.00. The molecule has 0 bridgehead atoms. The zero-order valence-corrected chi connectivity index (χ0v) is 12.2. The molecule has 98 valence electrons. The number of benzene rings is 1. The molecule has 0 saturated carbocycles. The molecule has 1 aromatic rings. The van der Waals surface area contributed by atoms with Crippen LogP contribution < -0.4 is 0 Å². The van der Waals surface area contributed by atoms with Crippen molar-refractivity contribution in [3.05, 3.63) is 33.8 Å². The fourth-order valence-electron chi connectivity index (χ4n) is 1.62. The quantitative estimate of drug-likeness (QED) is 0.929. The molecule has 0 aliphatic carbocycles. The first kappa shape index (κ1) is 14.7. The largest absolute Gasteiger partial charge is 0.481 e. The molecule has 0 aromatic heterocycles. The third kappa shape index (κ3) is 3.32. The van der Waals surface area contributed by atoms with Crippen LogP contribution in [-0.2, 0) is 4.79 Å². The fourth-order valence-corrected chi connectivity index (χ4v) is 1.98. The van der Waals surface area contributed by atoms with Crippen LogP contribution in [-0.4, -0.2) is 35.5 Å². The van der Waals surface area contributed by atoms with Crippen molar-refractivity contribution < 1.29 is 14.7 Å². The molecule has 0 spiro atoms. The summed E-state index contributed by atoms with van der Waals surface area (Å²) in [6.45, 7) is 3.63. The summed E-state index contributed by atoms with van der Waals surface area (Å²) in [6, 6.07) is 5.40. The van der Waals surface area contributed by atoms with Crippen molar-refractivity contribution in [2.24, 2.45) is 5.92 Å². The third-order valence-corrected chi connectivity index (χ3v) is 3.67. The van der Waals surface area contributed by atoms with Crippen molar-refractivity contribution in [3.8, 4) is 0 Å². The van der Waals surface area contributed by atoms with E-state index < -0.39 is 11.9 Å². The van der Waals surface area contributed by atoms with Crippen molar-refractivity contribution in [2.45, 2.75) is 13.8 Å². The Morgan fingerprint density at radius 1 is 1.44 bits per heavy atom. The molecule has 1 amide bonds. The lowest BCUT2D eigenvalue weighted by Crippen LogP contribution is -2.34. The van der Waals surface area contributed by atoms with E-state index in [9.17, 15) is 9.59 Å². The number of carboxylic acids is 1. The van der Waals surface area contributed by atoms with Crippen LogP contribution in [0.1, 0.15) is 22.8 Å². The minimum atomic E-state index is -0.902. The van der Waals surface area contributed by atoms with Crippen LogP contribution in [0.15, 0.2) is 22.7 Å². The Balaban J connectivity index is 2.87. The van der Waals surface area contributed by atoms with E-state index in [0.29, 0.717) is 5.56 Å². The molecule has 1 rings (SSSR count). The maximum Gasteiger partial charge on any atom is 0.308 e. The summed E-state index contributed by atoms with van der Waals surface area (Å²) < 4.78 is 0.869. The number of carboxylic acid groups (broad SMARTS) is 1. The van der Waals surface area contributed by atoms with Gasteiger partial charge in [-0.2, -0.15) is 0 Å². The molecule has 1 atom stereocenters. The SMILES string of the molecule is Cc1c(Br)cccc1C(=O)N(C)CC(C)C(=O)O. The van der Waals surface area contributed by atoms with E-state index >= 15 is 0 Å². The van der Waals surface area contributed by atoms with Gasteiger partial charge in [0.15, 0.2) is 0 Å². The molecule has 0 aliphatic heterocycles. The van der Waals surface area contributed by atoms with Gasteiger partial charge < -0.3 is 10.0 Å². The highest BCUT2D eigenvalue weighted by atomic mass is 79.9. The van der Waals surface area contributed by atoms with Crippen LogP contribution in [0.4, 0.5) is 0 Å². The predicted molar refractivity (Wildman–Crippen MR) is 72.6 cm³/mol. The molecule has 1 aromatic carbocycles. The second-order valence-corrected chi connectivity index (χ2v) is 5.19. The summed E-state index contributed by atoms with van der Waals surface area (Å²) in [6.07, 6.45) is 0. The molecular formula is C13H16BrNO3. The lowest BCUT2D eigenvalue weighted by molar-refractivity contribution is -0.141. The van der Waals surface area contributed by atoms with Gasteiger partial charge in [-0.25, -0.2) is 0 Å². The van der Waals surface area contributed by atoms with Gasteiger partial charge in [0.1, 0.15) is 0 Å². The first-order chi connectivity index (χ1) is 8.34. The summed E-state index contributed by atoms with van der Waals surface area (Å²) in [4.78, 5) is 24.4. The highest BCUT2D eigenvalue weighted by Crippen LogP contribution is 2.20. The number of carbonyl (C=O) groups is 2. The van der Waals surface area contributed by atoms with E-state index in [0.717, 1.165) is 10.0 Å². The summed E-state index contributed by atoms with van der Waals surface area (Å²) in [5.74, 6) is -1.64. The summed E-state index contributed by atoms with van der Waals surface area (Å²) >= 11 is 3.37. The van der Waals surface area contributed by atoms with Gasteiger partial charge in [0.2, 0.25) is 0 Å². The predicted octanol–water partition coefficient (Wildman–Crippen LogP) is 2.55. The number of carbonyl (C=O) groups excluding carboxylic acids is 1. The van der Waals surface area contributed by atoms with E-state index in [1.165, 1.54) is 4.90 Å². The number of aliphatic carboxylic acids is 1. The van der Waals surface area contributed by atoms with Crippen molar-refractivity contribution in [1.29, 1.82) is 0 Å². The highest BCUT2D eigenvalue weighted by molar-refractivity contribution is 9.10. The number of hydrogen-bond acceptors (Lipinski definition) is 2. The van der Waals surface area contributed by atoms with E-state index in [1.807, 2.05) is 13.0 Å². The molecule has 5 heteroatoms. The molecule has 4 nitrogen and oxygen atoms in total.